The van der Waals surface area contributed by atoms with E-state index in [9.17, 15) is 34.5 Å². The average molecular weight is 1000 g/mol. The molecule has 0 aromatic rings. The van der Waals surface area contributed by atoms with E-state index >= 15 is 0 Å². The molecule has 1 rings (SSSR count). The second kappa shape index (κ2) is 47.4. The zero-order valence-corrected chi connectivity index (χ0v) is 44.7. The molecule has 0 aromatic carbocycles. The molecule has 0 spiro atoms. The second-order valence-corrected chi connectivity index (χ2v) is 19.2. The first kappa shape index (κ1) is 65.4. The van der Waals surface area contributed by atoms with E-state index in [1.165, 1.54) is 109 Å². The third-order valence-corrected chi connectivity index (χ3v) is 12.6. The molecule has 1 fully saturated rings. The first-order chi connectivity index (χ1) is 34.6. The van der Waals surface area contributed by atoms with Gasteiger partial charge in [-0.1, -0.05) is 236 Å². The standard InChI is InChI=1S/C59H100O12/c1-4-7-10-13-16-19-22-24-26-28-31-33-36-39-42-45-51(60)67-48-50(69-52(61)46-43-40-37-35-32-29-27-25-23-20-17-14-11-8-5-2)49-68-59-57(55(64)54(63)56(71-59)58(65)66)70-53(62)47-44-41-38-34-30-21-18-15-12-9-6-3/h7,10,16,19,24,26,31,33,39,42,50,54-57,59,63-64H,4-6,8-9,11-15,17-18,20-23,25,27-30,32,34-38,40-41,43-49H2,1-3H3,(H,65,66)/b10-7-,19-16-,26-24-,33-31-,42-39-. The zero-order valence-electron chi connectivity index (χ0n) is 44.7. The quantitative estimate of drug-likeness (QED) is 0.0228. The molecule has 0 amide bonds. The van der Waals surface area contributed by atoms with E-state index in [1.54, 1.807) is 6.08 Å². The molecule has 71 heavy (non-hydrogen) atoms. The fourth-order valence-corrected chi connectivity index (χ4v) is 8.32. The van der Waals surface area contributed by atoms with Gasteiger partial charge in [-0.2, -0.15) is 0 Å². The fraction of sp³-hybridized carbons (Fsp3) is 0.763. The van der Waals surface area contributed by atoms with Crippen molar-refractivity contribution in [3.05, 3.63) is 60.8 Å². The minimum absolute atomic E-state index is 0.0125. The fourth-order valence-electron chi connectivity index (χ4n) is 8.32. The van der Waals surface area contributed by atoms with Gasteiger partial charge in [-0.25, -0.2) is 4.79 Å². The van der Waals surface area contributed by atoms with Crippen molar-refractivity contribution in [2.75, 3.05) is 13.2 Å². The number of rotatable bonds is 47. The van der Waals surface area contributed by atoms with E-state index in [0.717, 1.165) is 70.6 Å². The number of esters is 3. The molecule has 0 saturated carbocycles. The maximum absolute atomic E-state index is 13.1. The van der Waals surface area contributed by atoms with Crippen LogP contribution in [0, 0.1) is 0 Å². The normalized spacial score (nSPS) is 18.9. The van der Waals surface area contributed by atoms with Crippen LogP contribution in [-0.4, -0.2) is 89.2 Å². The van der Waals surface area contributed by atoms with Gasteiger partial charge < -0.3 is 39.0 Å². The number of hydrogen-bond acceptors (Lipinski definition) is 11. The third kappa shape index (κ3) is 37.8. The Bertz CT molecular complexity index is 1470. The number of hydrogen-bond donors (Lipinski definition) is 3. The van der Waals surface area contributed by atoms with Gasteiger partial charge >= 0.3 is 23.9 Å². The topological polar surface area (TPSA) is 175 Å². The van der Waals surface area contributed by atoms with Crippen LogP contribution in [0.2, 0.25) is 0 Å². The van der Waals surface area contributed by atoms with Crippen LogP contribution < -0.4 is 0 Å². The summed E-state index contributed by atoms with van der Waals surface area (Å²) >= 11 is 0. The number of aliphatic hydroxyl groups excluding tert-OH is 2. The van der Waals surface area contributed by atoms with Crippen molar-refractivity contribution in [2.24, 2.45) is 0 Å². The lowest BCUT2D eigenvalue weighted by Gasteiger charge is -2.40. The van der Waals surface area contributed by atoms with Gasteiger partial charge in [0.1, 0.15) is 18.8 Å². The zero-order chi connectivity index (χ0) is 51.8. The summed E-state index contributed by atoms with van der Waals surface area (Å²) in [7, 11) is 0. The van der Waals surface area contributed by atoms with E-state index in [2.05, 4.69) is 63.3 Å². The van der Waals surface area contributed by atoms with Crippen LogP contribution in [-0.2, 0) is 42.9 Å². The van der Waals surface area contributed by atoms with Crippen LogP contribution in [0.15, 0.2) is 60.8 Å². The molecule has 12 nitrogen and oxygen atoms in total. The van der Waals surface area contributed by atoms with E-state index in [0.29, 0.717) is 19.3 Å². The summed E-state index contributed by atoms with van der Waals surface area (Å²) in [5.41, 5.74) is 0. The Labute approximate surface area is 430 Å². The minimum Gasteiger partial charge on any atom is -0.479 e. The molecular weight excluding hydrogens is 901 g/mol. The number of aliphatic carboxylic acids is 1. The molecule has 1 aliphatic rings. The summed E-state index contributed by atoms with van der Waals surface area (Å²) in [5.74, 6) is -3.27. The largest absolute Gasteiger partial charge is 0.479 e. The number of carbonyl (C=O) groups excluding carboxylic acids is 3. The highest BCUT2D eigenvalue weighted by Gasteiger charge is 2.50. The molecule has 0 bridgehead atoms. The van der Waals surface area contributed by atoms with Crippen molar-refractivity contribution in [2.45, 2.75) is 276 Å². The summed E-state index contributed by atoms with van der Waals surface area (Å²) in [6.07, 6.45) is 45.2. The van der Waals surface area contributed by atoms with Gasteiger partial charge in [-0.05, 0) is 44.9 Å². The predicted molar refractivity (Wildman–Crippen MR) is 285 cm³/mol. The van der Waals surface area contributed by atoms with Crippen LogP contribution in [0.1, 0.15) is 239 Å². The van der Waals surface area contributed by atoms with Gasteiger partial charge in [0.15, 0.2) is 24.6 Å². The van der Waals surface area contributed by atoms with E-state index in [1.807, 2.05) is 12.2 Å². The van der Waals surface area contributed by atoms with Crippen molar-refractivity contribution in [3.8, 4) is 0 Å². The van der Waals surface area contributed by atoms with Gasteiger partial charge in [-0.15, -0.1) is 0 Å². The molecule has 0 aromatic heterocycles. The van der Waals surface area contributed by atoms with E-state index in [4.69, 9.17) is 23.7 Å². The van der Waals surface area contributed by atoms with E-state index in [-0.39, 0.29) is 25.9 Å². The lowest BCUT2D eigenvalue weighted by atomic mass is 9.98. The van der Waals surface area contributed by atoms with Crippen molar-refractivity contribution < 1.29 is 58.2 Å². The van der Waals surface area contributed by atoms with Crippen molar-refractivity contribution in [1.82, 2.24) is 0 Å². The Balaban J connectivity index is 2.76. The molecule has 6 unspecified atom stereocenters. The molecule has 1 aliphatic heterocycles. The average Bonchev–Trinajstić information content (AvgIpc) is 3.35. The summed E-state index contributed by atoms with van der Waals surface area (Å²) in [5, 5.41) is 31.4. The molecule has 6 atom stereocenters. The summed E-state index contributed by atoms with van der Waals surface area (Å²) in [4.78, 5) is 50.9. The van der Waals surface area contributed by atoms with Gasteiger partial charge in [0.2, 0.25) is 0 Å². The van der Waals surface area contributed by atoms with Gasteiger partial charge in [-0.3, -0.25) is 14.4 Å². The lowest BCUT2D eigenvalue weighted by molar-refractivity contribution is -0.301. The molecule has 12 heteroatoms. The highest BCUT2D eigenvalue weighted by molar-refractivity contribution is 5.74. The molecule has 0 radical (unpaired) electrons. The molecule has 408 valence electrons. The Hall–Kier alpha value is -3.58. The van der Waals surface area contributed by atoms with Crippen LogP contribution in [0.4, 0.5) is 0 Å². The molecule has 1 saturated heterocycles. The van der Waals surface area contributed by atoms with Crippen molar-refractivity contribution >= 4 is 23.9 Å². The SMILES string of the molecule is CC/C=C\C/C=C\C/C=C\C/C=C\C/C=C\CC(=O)OCC(COC1OC(C(=O)O)C(O)C(O)C1OC(=O)CCCCCCCCCCCCC)OC(=O)CCCCCCCCCCCCCCCCC. The first-order valence-electron chi connectivity index (χ1n) is 28.3. The summed E-state index contributed by atoms with van der Waals surface area (Å²) < 4.78 is 28.2. The Morgan fingerprint density at radius 3 is 1.30 bits per heavy atom. The van der Waals surface area contributed by atoms with Crippen LogP contribution in [0.25, 0.3) is 0 Å². The molecule has 0 aliphatic carbocycles. The number of allylic oxidation sites excluding steroid dienone is 9. The third-order valence-electron chi connectivity index (χ3n) is 12.6. The minimum atomic E-state index is -1.91. The van der Waals surface area contributed by atoms with Gasteiger partial charge in [0, 0.05) is 12.8 Å². The van der Waals surface area contributed by atoms with Crippen LogP contribution >= 0.6 is 0 Å². The van der Waals surface area contributed by atoms with Gasteiger partial charge in [0.25, 0.3) is 0 Å². The maximum Gasteiger partial charge on any atom is 0.335 e. The Kier molecular flexibility index (Phi) is 43.7. The molecule has 1 heterocycles. The maximum atomic E-state index is 13.1. The summed E-state index contributed by atoms with van der Waals surface area (Å²) in [6.45, 7) is 5.78. The number of aliphatic hydroxyl groups is 2. The predicted octanol–water partition coefficient (Wildman–Crippen LogP) is 14.0. The molecular formula is C59H100O12. The highest BCUT2D eigenvalue weighted by atomic mass is 16.7. The van der Waals surface area contributed by atoms with Crippen LogP contribution in [0.5, 0.6) is 0 Å². The highest BCUT2D eigenvalue weighted by Crippen LogP contribution is 2.26. The smallest absolute Gasteiger partial charge is 0.335 e. The number of unbranched alkanes of at least 4 members (excludes halogenated alkanes) is 24. The van der Waals surface area contributed by atoms with Gasteiger partial charge in [0.05, 0.1) is 13.0 Å². The number of carboxylic acid groups (broad SMARTS) is 1. The van der Waals surface area contributed by atoms with Crippen LogP contribution in [0.3, 0.4) is 0 Å². The number of ether oxygens (including phenoxy) is 5. The number of carbonyl (C=O) groups is 4. The first-order valence-corrected chi connectivity index (χ1v) is 28.3. The van der Waals surface area contributed by atoms with E-state index < -0.39 is 67.3 Å². The monoisotopic (exact) mass is 1000 g/mol. The Morgan fingerprint density at radius 2 is 0.873 bits per heavy atom. The Morgan fingerprint density at radius 1 is 0.479 bits per heavy atom. The summed E-state index contributed by atoms with van der Waals surface area (Å²) in [6, 6.07) is 0. The number of carboxylic acids is 1. The lowest BCUT2D eigenvalue weighted by Crippen LogP contribution is -2.61. The second-order valence-electron chi connectivity index (χ2n) is 19.2. The molecule has 3 N–H and O–H groups in total. The van der Waals surface area contributed by atoms with Crippen molar-refractivity contribution in [3.63, 3.8) is 0 Å². The van der Waals surface area contributed by atoms with Crippen molar-refractivity contribution in [1.29, 1.82) is 0 Å².